The molecule has 0 unspecified atom stereocenters. The van der Waals surface area contributed by atoms with E-state index in [1.54, 1.807) is 31.2 Å². The van der Waals surface area contributed by atoms with Crippen LogP contribution < -0.4 is 5.32 Å². The maximum absolute atomic E-state index is 11.9. The van der Waals surface area contributed by atoms with Crippen LogP contribution in [0, 0.1) is 0 Å². The lowest BCUT2D eigenvalue weighted by atomic mass is 10.3. The van der Waals surface area contributed by atoms with E-state index in [0.717, 1.165) is 6.42 Å². The number of hydrogen-bond donors (Lipinski definition) is 2. The van der Waals surface area contributed by atoms with Gasteiger partial charge in [0, 0.05) is 13.2 Å². The standard InChI is InChI=1S/C13H21NO4S/c1-2-19(16,17)13-7-4-3-6-12(13)14-8-5-10-18-11-9-15/h3-4,6-7,14-15H,2,5,8-11H2,1H3. The van der Waals surface area contributed by atoms with Gasteiger partial charge in [0.05, 0.1) is 29.5 Å². The van der Waals surface area contributed by atoms with Gasteiger partial charge in [-0.1, -0.05) is 19.1 Å². The number of anilines is 1. The van der Waals surface area contributed by atoms with E-state index in [1.165, 1.54) is 0 Å². The summed E-state index contributed by atoms with van der Waals surface area (Å²) in [6.07, 6.45) is 0.751. The van der Waals surface area contributed by atoms with Gasteiger partial charge in [0.15, 0.2) is 9.84 Å². The zero-order valence-corrected chi connectivity index (χ0v) is 11.9. The van der Waals surface area contributed by atoms with Crippen LogP contribution in [0.5, 0.6) is 0 Å². The highest BCUT2D eigenvalue weighted by Crippen LogP contribution is 2.21. The number of ether oxygens (including phenoxy) is 1. The molecule has 6 heteroatoms. The first-order valence-corrected chi connectivity index (χ1v) is 8.01. The first kappa shape index (κ1) is 15.9. The molecule has 19 heavy (non-hydrogen) atoms. The molecule has 0 spiro atoms. The summed E-state index contributed by atoms with van der Waals surface area (Å²) in [6, 6.07) is 6.90. The molecule has 0 radical (unpaired) electrons. The number of sulfone groups is 1. The van der Waals surface area contributed by atoms with E-state index in [1.807, 2.05) is 0 Å². The Morgan fingerprint density at radius 1 is 1.26 bits per heavy atom. The van der Waals surface area contributed by atoms with Gasteiger partial charge in [-0.3, -0.25) is 0 Å². The van der Waals surface area contributed by atoms with Crippen LogP contribution >= 0.6 is 0 Å². The van der Waals surface area contributed by atoms with Crippen LogP contribution in [0.2, 0.25) is 0 Å². The van der Waals surface area contributed by atoms with Gasteiger partial charge in [0.2, 0.25) is 0 Å². The SMILES string of the molecule is CCS(=O)(=O)c1ccccc1NCCCOCCO. The Morgan fingerprint density at radius 2 is 2.00 bits per heavy atom. The lowest BCUT2D eigenvalue weighted by Crippen LogP contribution is -2.11. The van der Waals surface area contributed by atoms with Crippen molar-refractivity contribution in [1.29, 1.82) is 0 Å². The van der Waals surface area contributed by atoms with Crippen molar-refractivity contribution in [1.82, 2.24) is 0 Å². The van der Waals surface area contributed by atoms with Gasteiger partial charge in [-0.25, -0.2) is 8.42 Å². The zero-order valence-electron chi connectivity index (χ0n) is 11.1. The predicted molar refractivity (Wildman–Crippen MR) is 75.2 cm³/mol. The van der Waals surface area contributed by atoms with Crippen LogP contribution in [0.15, 0.2) is 29.2 Å². The topological polar surface area (TPSA) is 75.6 Å². The van der Waals surface area contributed by atoms with E-state index in [0.29, 0.717) is 30.3 Å². The fraction of sp³-hybridized carbons (Fsp3) is 0.538. The molecule has 0 aliphatic rings. The van der Waals surface area contributed by atoms with Gasteiger partial charge in [0.25, 0.3) is 0 Å². The van der Waals surface area contributed by atoms with Gasteiger partial charge in [-0.15, -0.1) is 0 Å². The number of aliphatic hydroxyl groups is 1. The summed E-state index contributed by atoms with van der Waals surface area (Å²) in [5.41, 5.74) is 0.631. The lowest BCUT2D eigenvalue weighted by Gasteiger charge is -2.11. The molecule has 5 nitrogen and oxygen atoms in total. The minimum atomic E-state index is -3.21. The summed E-state index contributed by atoms with van der Waals surface area (Å²) >= 11 is 0. The lowest BCUT2D eigenvalue weighted by molar-refractivity contribution is 0.0922. The van der Waals surface area contributed by atoms with Crippen LogP contribution in [-0.4, -0.2) is 45.6 Å². The van der Waals surface area contributed by atoms with Crippen LogP contribution in [0.4, 0.5) is 5.69 Å². The Morgan fingerprint density at radius 3 is 2.68 bits per heavy atom. The Balaban J connectivity index is 2.55. The van der Waals surface area contributed by atoms with E-state index >= 15 is 0 Å². The van der Waals surface area contributed by atoms with Crippen molar-refractivity contribution in [3.05, 3.63) is 24.3 Å². The maximum Gasteiger partial charge on any atom is 0.180 e. The number of para-hydroxylation sites is 1. The Kier molecular flexibility index (Phi) is 6.83. The number of nitrogens with one attached hydrogen (secondary N) is 1. The summed E-state index contributed by atoms with van der Waals surface area (Å²) in [6.45, 7) is 3.15. The molecule has 0 amide bonds. The Hall–Kier alpha value is -1.11. The molecule has 0 saturated carbocycles. The minimum absolute atomic E-state index is 0.0189. The number of aliphatic hydroxyl groups excluding tert-OH is 1. The minimum Gasteiger partial charge on any atom is -0.394 e. The normalized spacial score (nSPS) is 11.5. The number of rotatable bonds is 9. The zero-order chi connectivity index (χ0) is 14.1. The van der Waals surface area contributed by atoms with E-state index in [-0.39, 0.29) is 12.4 Å². The molecule has 1 aromatic rings. The van der Waals surface area contributed by atoms with Crippen molar-refractivity contribution in [2.45, 2.75) is 18.2 Å². The Labute approximate surface area is 114 Å². The fourth-order valence-electron chi connectivity index (χ4n) is 1.60. The summed E-state index contributed by atoms with van der Waals surface area (Å²) in [4.78, 5) is 0.341. The van der Waals surface area contributed by atoms with Crippen molar-refractivity contribution in [3.63, 3.8) is 0 Å². The highest BCUT2D eigenvalue weighted by Gasteiger charge is 2.15. The van der Waals surface area contributed by atoms with Gasteiger partial charge in [-0.2, -0.15) is 0 Å². The van der Waals surface area contributed by atoms with Gasteiger partial charge < -0.3 is 15.2 Å². The van der Waals surface area contributed by atoms with Crippen molar-refractivity contribution < 1.29 is 18.3 Å². The van der Waals surface area contributed by atoms with Gasteiger partial charge in [-0.05, 0) is 18.6 Å². The quantitative estimate of drug-likeness (QED) is 0.669. The van der Waals surface area contributed by atoms with Crippen LogP contribution in [0.3, 0.4) is 0 Å². The molecule has 0 bridgehead atoms. The average Bonchev–Trinajstić information content (AvgIpc) is 2.43. The second-order valence-electron chi connectivity index (χ2n) is 4.02. The van der Waals surface area contributed by atoms with E-state index < -0.39 is 9.84 Å². The fourth-order valence-corrected chi connectivity index (χ4v) is 2.68. The number of benzene rings is 1. The van der Waals surface area contributed by atoms with Crippen molar-refractivity contribution in [2.75, 3.05) is 37.4 Å². The molecular weight excluding hydrogens is 266 g/mol. The first-order valence-electron chi connectivity index (χ1n) is 6.36. The summed E-state index contributed by atoms with van der Waals surface area (Å²) < 4.78 is 28.9. The second kappa shape index (κ2) is 8.14. The van der Waals surface area contributed by atoms with E-state index in [9.17, 15) is 8.42 Å². The smallest absolute Gasteiger partial charge is 0.180 e. The molecule has 2 N–H and O–H groups in total. The molecule has 0 atom stereocenters. The average molecular weight is 287 g/mol. The predicted octanol–water partition coefficient (Wildman–Crippen LogP) is 1.29. The van der Waals surface area contributed by atoms with Gasteiger partial charge in [0.1, 0.15) is 0 Å². The third-order valence-electron chi connectivity index (χ3n) is 2.62. The van der Waals surface area contributed by atoms with E-state index in [4.69, 9.17) is 9.84 Å². The third kappa shape index (κ3) is 5.18. The Bertz CT molecular complexity index is 473. The summed E-state index contributed by atoms with van der Waals surface area (Å²) in [7, 11) is -3.21. The molecule has 0 aromatic heterocycles. The first-order chi connectivity index (χ1) is 9.11. The molecule has 1 rings (SSSR count). The van der Waals surface area contributed by atoms with Crippen LogP contribution in [-0.2, 0) is 14.6 Å². The molecular formula is C13H21NO4S. The second-order valence-corrected chi connectivity index (χ2v) is 6.26. The van der Waals surface area contributed by atoms with Crippen molar-refractivity contribution >= 4 is 15.5 Å². The van der Waals surface area contributed by atoms with Gasteiger partial charge >= 0.3 is 0 Å². The van der Waals surface area contributed by atoms with E-state index in [2.05, 4.69) is 5.32 Å². The van der Waals surface area contributed by atoms with Crippen LogP contribution in [0.1, 0.15) is 13.3 Å². The monoisotopic (exact) mass is 287 g/mol. The van der Waals surface area contributed by atoms with Crippen molar-refractivity contribution in [3.8, 4) is 0 Å². The maximum atomic E-state index is 11.9. The van der Waals surface area contributed by atoms with Crippen molar-refractivity contribution in [2.24, 2.45) is 0 Å². The molecule has 0 heterocycles. The molecule has 0 saturated heterocycles. The number of hydrogen-bond acceptors (Lipinski definition) is 5. The molecule has 0 aliphatic carbocycles. The highest BCUT2D eigenvalue weighted by molar-refractivity contribution is 7.91. The molecule has 108 valence electrons. The highest BCUT2D eigenvalue weighted by atomic mass is 32.2. The van der Waals surface area contributed by atoms with Crippen LogP contribution in [0.25, 0.3) is 0 Å². The third-order valence-corrected chi connectivity index (χ3v) is 4.40. The summed E-state index contributed by atoms with van der Waals surface area (Å²) in [5, 5.41) is 11.7. The largest absolute Gasteiger partial charge is 0.394 e. The molecule has 0 fully saturated rings. The molecule has 1 aromatic carbocycles. The molecule has 0 aliphatic heterocycles. The summed E-state index contributed by atoms with van der Waals surface area (Å²) in [5.74, 6) is 0.0886.